The Morgan fingerprint density at radius 1 is 1.45 bits per heavy atom. The molecule has 1 unspecified atom stereocenters. The van der Waals surface area contributed by atoms with Crippen molar-refractivity contribution in [3.8, 4) is 5.75 Å². The summed E-state index contributed by atoms with van der Waals surface area (Å²) in [5.74, 6) is -0.459. The molecule has 0 aliphatic heterocycles. The standard InChI is InChI=1S/C13H15NO6/c1-3-20-13(16)12(15)11(14(17)18)8-9-4-6-10(19-2)7-5-9/h4-8,12,15H,3H2,1-2H3/b11-8+. The van der Waals surface area contributed by atoms with Crippen LogP contribution in [-0.2, 0) is 9.53 Å². The van der Waals surface area contributed by atoms with Gasteiger partial charge in [0.2, 0.25) is 6.10 Å². The lowest BCUT2D eigenvalue weighted by molar-refractivity contribution is -0.432. The van der Waals surface area contributed by atoms with E-state index in [2.05, 4.69) is 4.74 Å². The van der Waals surface area contributed by atoms with Crippen LogP contribution in [0.3, 0.4) is 0 Å². The number of carbonyl (C=O) groups is 1. The lowest BCUT2D eigenvalue weighted by Gasteiger charge is -2.07. The van der Waals surface area contributed by atoms with Gasteiger partial charge in [0, 0.05) is 6.08 Å². The van der Waals surface area contributed by atoms with E-state index in [-0.39, 0.29) is 6.61 Å². The molecule has 1 rings (SSSR count). The average molecular weight is 281 g/mol. The molecule has 0 spiro atoms. The van der Waals surface area contributed by atoms with Crippen LogP contribution in [0.4, 0.5) is 0 Å². The monoisotopic (exact) mass is 281 g/mol. The molecule has 0 bridgehead atoms. The Bertz CT molecular complexity index is 508. The first kappa shape index (κ1) is 15.6. The third-order valence-electron chi connectivity index (χ3n) is 2.43. The van der Waals surface area contributed by atoms with Crippen LogP contribution in [0, 0.1) is 10.1 Å². The van der Waals surface area contributed by atoms with E-state index in [4.69, 9.17) is 4.74 Å². The van der Waals surface area contributed by atoms with Crippen molar-refractivity contribution >= 4 is 12.0 Å². The summed E-state index contributed by atoms with van der Waals surface area (Å²) in [5.41, 5.74) is -0.186. The summed E-state index contributed by atoms with van der Waals surface area (Å²) in [4.78, 5) is 21.5. The Labute approximate surface area is 115 Å². The fourth-order valence-electron chi connectivity index (χ4n) is 1.44. The van der Waals surface area contributed by atoms with Crippen LogP contribution in [0.1, 0.15) is 12.5 Å². The Morgan fingerprint density at radius 3 is 2.50 bits per heavy atom. The molecule has 0 saturated heterocycles. The number of esters is 1. The normalized spacial score (nSPS) is 12.7. The Hall–Kier alpha value is -2.41. The zero-order valence-corrected chi connectivity index (χ0v) is 11.1. The smallest absolute Gasteiger partial charge is 0.346 e. The van der Waals surface area contributed by atoms with Gasteiger partial charge in [-0.1, -0.05) is 12.1 Å². The van der Waals surface area contributed by atoms with E-state index in [1.54, 1.807) is 31.2 Å². The highest BCUT2D eigenvalue weighted by Crippen LogP contribution is 2.16. The van der Waals surface area contributed by atoms with Crippen molar-refractivity contribution in [3.63, 3.8) is 0 Å². The molecule has 0 saturated carbocycles. The van der Waals surface area contributed by atoms with Gasteiger partial charge in [0.25, 0.3) is 5.70 Å². The summed E-state index contributed by atoms with van der Waals surface area (Å²) in [6.07, 6.45) is -0.812. The molecular formula is C13H15NO6. The van der Waals surface area contributed by atoms with Crippen LogP contribution < -0.4 is 4.74 Å². The molecule has 1 aromatic carbocycles. The maximum absolute atomic E-state index is 11.3. The van der Waals surface area contributed by atoms with Crippen molar-refractivity contribution in [1.82, 2.24) is 0 Å². The van der Waals surface area contributed by atoms with Crippen LogP contribution in [-0.4, -0.2) is 35.8 Å². The van der Waals surface area contributed by atoms with Gasteiger partial charge < -0.3 is 14.6 Å². The number of aliphatic hydroxyl groups excluding tert-OH is 1. The van der Waals surface area contributed by atoms with E-state index in [0.717, 1.165) is 6.08 Å². The van der Waals surface area contributed by atoms with Crippen molar-refractivity contribution in [2.45, 2.75) is 13.0 Å². The first-order valence-electron chi connectivity index (χ1n) is 5.84. The largest absolute Gasteiger partial charge is 0.497 e. The highest BCUT2D eigenvalue weighted by molar-refractivity contribution is 5.79. The average Bonchev–Trinajstić information content (AvgIpc) is 2.44. The van der Waals surface area contributed by atoms with Gasteiger partial charge in [-0.2, -0.15) is 0 Å². The molecule has 0 radical (unpaired) electrons. The molecule has 0 aliphatic rings. The molecule has 1 atom stereocenters. The Morgan fingerprint density at radius 2 is 2.05 bits per heavy atom. The third kappa shape index (κ3) is 4.06. The van der Waals surface area contributed by atoms with Gasteiger partial charge in [-0.15, -0.1) is 0 Å². The minimum absolute atomic E-state index is 0.0312. The number of benzene rings is 1. The van der Waals surface area contributed by atoms with Gasteiger partial charge in [-0.3, -0.25) is 10.1 Å². The van der Waals surface area contributed by atoms with E-state index < -0.39 is 22.7 Å². The number of carbonyl (C=O) groups excluding carboxylic acids is 1. The highest BCUT2D eigenvalue weighted by Gasteiger charge is 2.30. The number of aliphatic hydroxyl groups is 1. The van der Waals surface area contributed by atoms with Gasteiger partial charge in [0.1, 0.15) is 5.75 Å². The lowest BCUT2D eigenvalue weighted by Crippen LogP contribution is -2.28. The third-order valence-corrected chi connectivity index (χ3v) is 2.43. The second kappa shape index (κ2) is 7.25. The van der Waals surface area contributed by atoms with Gasteiger partial charge in [-0.25, -0.2) is 4.79 Å². The molecular weight excluding hydrogens is 266 g/mol. The summed E-state index contributed by atoms with van der Waals surface area (Å²) >= 11 is 0. The molecule has 7 heteroatoms. The molecule has 7 nitrogen and oxygen atoms in total. The summed E-state index contributed by atoms with van der Waals surface area (Å²) in [6.45, 7) is 1.58. The zero-order valence-electron chi connectivity index (χ0n) is 11.1. The Balaban J connectivity index is 3.02. The predicted octanol–water partition coefficient (Wildman–Crippen LogP) is 1.24. The molecule has 1 aromatic rings. The van der Waals surface area contributed by atoms with Crippen LogP contribution in [0.5, 0.6) is 5.75 Å². The number of rotatable bonds is 6. The van der Waals surface area contributed by atoms with E-state index >= 15 is 0 Å². The molecule has 0 fully saturated rings. The second-order valence-corrected chi connectivity index (χ2v) is 3.75. The van der Waals surface area contributed by atoms with Crippen molar-refractivity contribution < 1.29 is 24.3 Å². The van der Waals surface area contributed by atoms with E-state index in [0.29, 0.717) is 11.3 Å². The molecule has 108 valence electrons. The number of methoxy groups -OCH3 is 1. The predicted molar refractivity (Wildman–Crippen MR) is 70.6 cm³/mol. The number of hydrogen-bond acceptors (Lipinski definition) is 6. The maximum atomic E-state index is 11.3. The SMILES string of the molecule is CCOC(=O)C(O)/C(=C\c1ccc(OC)cc1)[N+](=O)[O-]. The minimum atomic E-state index is -1.92. The first-order valence-corrected chi connectivity index (χ1v) is 5.84. The summed E-state index contributed by atoms with van der Waals surface area (Å²) in [6, 6.07) is 6.36. The number of nitro groups is 1. The Kier molecular flexibility index (Phi) is 5.67. The van der Waals surface area contributed by atoms with E-state index in [9.17, 15) is 20.0 Å². The second-order valence-electron chi connectivity index (χ2n) is 3.75. The number of ether oxygens (including phenoxy) is 2. The molecule has 0 aromatic heterocycles. The zero-order chi connectivity index (χ0) is 15.1. The number of hydrogen-bond donors (Lipinski definition) is 1. The van der Waals surface area contributed by atoms with Crippen LogP contribution >= 0.6 is 0 Å². The van der Waals surface area contributed by atoms with Crippen molar-refractivity contribution in [1.29, 1.82) is 0 Å². The summed E-state index contributed by atoms with van der Waals surface area (Å²) in [7, 11) is 1.50. The fraction of sp³-hybridized carbons (Fsp3) is 0.308. The molecule has 0 aliphatic carbocycles. The number of nitrogens with zero attached hydrogens (tertiary/aromatic N) is 1. The highest BCUT2D eigenvalue weighted by atomic mass is 16.6. The molecule has 20 heavy (non-hydrogen) atoms. The van der Waals surface area contributed by atoms with Crippen LogP contribution in [0.25, 0.3) is 6.08 Å². The molecule has 1 N–H and O–H groups in total. The maximum Gasteiger partial charge on any atom is 0.346 e. The summed E-state index contributed by atoms with van der Waals surface area (Å²) in [5, 5.41) is 20.6. The van der Waals surface area contributed by atoms with Crippen molar-refractivity contribution in [2.24, 2.45) is 0 Å². The van der Waals surface area contributed by atoms with Crippen LogP contribution in [0.15, 0.2) is 30.0 Å². The van der Waals surface area contributed by atoms with Gasteiger partial charge in [0.05, 0.1) is 18.6 Å². The van der Waals surface area contributed by atoms with Crippen LogP contribution in [0.2, 0.25) is 0 Å². The van der Waals surface area contributed by atoms with E-state index in [1.165, 1.54) is 7.11 Å². The van der Waals surface area contributed by atoms with Crippen molar-refractivity contribution in [3.05, 3.63) is 45.6 Å². The van der Waals surface area contributed by atoms with E-state index in [1.807, 2.05) is 0 Å². The lowest BCUT2D eigenvalue weighted by atomic mass is 10.1. The first-order chi connectivity index (χ1) is 9.49. The molecule has 0 heterocycles. The van der Waals surface area contributed by atoms with Gasteiger partial charge in [0.15, 0.2) is 0 Å². The molecule has 0 amide bonds. The van der Waals surface area contributed by atoms with Gasteiger partial charge in [-0.05, 0) is 24.6 Å². The minimum Gasteiger partial charge on any atom is -0.497 e. The topological polar surface area (TPSA) is 98.9 Å². The van der Waals surface area contributed by atoms with Gasteiger partial charge >= 0.3 is 5.97 Å². The van der Waals surface area contributed by atoms with Crippen molar-refractivity contribution in [2.75, 3.05) is 13.7 Å². The quantitative estimate of drug-likeness (QED) is 0.478. The fourth-order valence-corrected chi connectivity index (χ4v) is 1.44. The summed E-state index contributed by atoms with van der Waals surface area (Å²) < 4.78 is 9.52.